The molecule has 0 aliphatic carbocycles. The molecule has 1 aromatic heterocycles. The molecule has 2 aromatic carbocycles. The van der Waals surface area contributed by atoms with E-state index in [2.05, 4.69) is 18.6 Å². The number of hydrogen-bond donors (Lipinski definition) is 0. The van der Waals surface area contributed by atoms with Gasteiger partial charge in [-0.2, -0.15) is 8.78 Å². The Bertz CT molecular complexity index is 1170. The molecule has 1 heterocycles. The molecule has 0 fully saturated rings. The molecule has 0 unspecified atom stereocenters. The number of alkyl halides is 2. The average molecular weight is 545 g/mol. The van der Waals surface area contributed by atoms with Crippen LogP contribution in [0.15, 0.2) is 51.9 Å². The zero-order valence-electron chi connectivity index (χ0n) is 23.3. The monoisotopic (exact) mass is 544 g/mol. The smallest absolute Gasteiger partial charge is 0.387 e. The molecule has 0 saturated heterocycles. The van der Waals surface area contributed by atoms with Gasteiger partial charge in [0.2, 0.25) is 5.43 Å². The van der Waals surface area contributed by atoms with Gasteiger partial charge in [-0.15, -0.1) is 0 Å². The first kappa shape index (κ1) is 30.5. The molecule has 0 amide bonds. The third-order valence-corrected chi connectivity index (χ3v) is 6.73. The van der Waals surface area contributed by atoms with E-state index in [1.165, 1.54) is 63.3 Å². The van der Waals surface area contributed by atoms with Crippen LogP contribution in [0.2, 0.25) is 0 Å². The third kappa shape index (κ3) is 9.86. The van der Waals surface area contributed by atoms with Crippen LogP contribution in [0.4, 0.5) is 8.78 Å². The van der Waals surface area contributed by atoms with Crippen molar-refractivity contribution in [2.24, 2.45) is 0 Å². The number of unbranched alkanes of at least 4 members (excludes halogenated alkanes) is 10. The largest absolute Gasteiger partial charge is 0.493 e. The minimum atomic E-state index is -2.91. The predicted molar refractivity (Wildman–Crippen MR) is 152 cm³/mol. The van der Waals surface area contributed by atoms with E-state index >= 15 is 0 Å². The number of benzene rings is 2. The Morgan fingerprint density at radius 1 is 0.744 bits per heavy atom. The molecule has 0 radical (unpaired) electrons. The summed E-state index contributed by atoms with van der Waals surface area (Å²) in [5.41, 5.74) is 0.993. The molecule has 0 spiro atoms. The third-order valence-electron chi connectivity index (χ3n) is 6.73. The summed E-state index contributed by atoms with van der Waals surface area (Å²) in [7, 11) is 0. The summed E-state index contributed by atoms with van der Waals surface area (Å²) in [5, 5.41) is 0.346. The molecule has 214 valence electrons. The lowest BCUT2D eigenvalue weighted by molar-refractivity contribution is -0.0498. The van der Waals surface area contributed by atoms with E-state index in [0.717, 1.165) is 32.1 Å². The highest BCUT2D eigenvalue weighted by Crippen LogP contribution is 2.32. The lowest BCUT2D eigenvalue weighted by Gasteiger charge is -2.13. The highest BCUT2D eigenvalue weighted by molar-refractivity contribution is 5.88. The molecule has 7 heteroatoms. The zero-order valence-corrected chi connectivity index (χ0v) is 23.3. The Morgan fingerprint density at radius 3 is 1.95 bits per heavy atom. The van der Waals surface area contributed by atoms with Gasteiger partial charge in [0.1, 0.15) is 34.5 Å². The molecule has 39 heavy (non-hydrogen) atoms. The van der Waals surface area contributed by atoms with Gasteiger partial charge in [0.25, 0.3) is 0 Å². The van der Waals surface area contributed by atoms with Gasteiger partial charge in [0.15, 0.2) is 0 Å². The first-order valence-electron chi connectivity index (χ1n) is 14.4. The number of fused-ring (bicyclic) bond motifs is 1. The van der Waals surface area contributed by atoms with Crippen LogP contribution >= 0.6 is 0 Å². The normalized spacial score (nSPS) is 11.3. The molecule has 3 aromatic rings. The molecule has 0 N–H and O–H groups in total. The standard InChI is InChI=1S/C32H42F2O5/c1-3-5-7-9-11-13-19-36-26-21-28(37-20-14-12-10-8-6-4-2)30-29(22-26)38-23-27(31(30)35)24-15-17-25(18-16-24)39-32(33)34/h15-18,21-23,32H,3-14,19-20H2,1-2H3. The molecular formula is C32H42F2O5. The lowest BCUT2D eigenvalue weighted by atomic mass is 10.0. The van der Waals surface area contributed by atoms with Crippen LogP contribution in [-0.4, -0.2) is 19.8 Å². The van der Waals surface area contributed by atoms with Crippen LogP contribution in [0.25, 0.3) is 22.1 Å². The fraction of sp³-hybridized carbons (Fsp3) is 0.531. The summed E-state index contributed by atoms with van der Waals surface area (Å²) in [6.45, 7) is 2.57. The Labute approximate surface area is 230 Å². The molecule has 0 bridgehead atoms. The molecule has 0 aliphatic rings. The molecule has 0 aliphatic heterocycles. The van der Waals surface area contributed by atoms with Crippen molar-refractivity contribution in [3.8, 4) is 28.4 Å². The van der Waals surface area contributed by atoms with Gasteiger partial charge in [-0.1, -0.05) is 90.2 Å². The number of hydrogen-bond acceptors (Lipinski definition) is 5. The van der Waals surface area contributed by atoms with Crippen LogP contribution in [0, 0.1) is 0 Å². The van der Waals surface area contributed by atoms with Crippen molar-refractivity contribution < 1.29 is 27.4 Å². The van der Waals surface area contributed by atoms with Crippen LogP contribution in [0.5, 0.6) is 17.2 Å². The van der Waals surface area contributed by atoms with Crippen molar-refractivity contribution in [1.82, 2.24) is 0 Å². The Morgan fingerprint density at radius 2 is 1.33 bits per heavy atom. The van der Waals surface area contributed by atoms with E-state index in [4.69, 9.17) is 13.9 Å². The van der Waals surface area contributed by atoms with Gasteiger partial charge in [-0.05, 0) is 30.5 Å². The summed E-state index contributed by atoms with van der Waals surface area (Å²) < 4.78 is 47.5. The second kappa shape index (κ2) is 16.8. The Kier molecular flexibility index (Phi) is 13.1. The molecule has 3 rings (SSSR count). The topological polar surface area (TPSA) is 57.9 Å². The minimum Gasteiger partial charge on any atom is -0.493 e. The number of halogens is 2. The van der Waals surface area contributed by atoms with E-state index in [0.29, 0.717) is 46.8 Å². The van der Waals surface area contributed by atoms with Crippen molar-refractivity contribution in [3.05, 3.63) is 52.9 Å². The average Bonchev–Trinajstić information content (AvgIpc) is 2.92. The first-order chi connectivity index (χ1) is 19.0. The van der Waals surface area contributed by atoms with Gasteiger partial charge in [0.05, 0.1) is 18.8 Å². The Hall–Kier alpha value is -3.09. The SMILES string of the molecule is CCCCCCCCOc1cc(OCCCCCCCC)c2c(=O)c(-c3ccc(OC(F)F)cc3)coc2c1. The van der Waals surface area contributed by atoms with Crippen LogP contribution in [0.1, 0.15) is 90.9 Å². The van der Waals surface area contributed by atoms with Crippen molar-refractivity contribution in [2.45, 2.75) is 97.5 Å². The van der Waals surface area contributed by atoms with Crippen LogP contribution in [0.3, 0.4) is 0 Å². The van der Waals surface area contributed by atoms with Gasteiger partial charge < -0.3 is 18.6 Å². The van der Waals surface area contributed by atoms with Crippen LogP contribution < -0.4 is 19.6 Å². The van der Waals surface area contributed by atoms with Crippen LogP contribution in [-0.2, 0) is 0 Å². The maximum atomic E-state index is 13.6. The van der Waals surface area contributed by atoms with Gasteiger partial charge >= 0.3 is 6.61 Å². The highest BCUT2D eigenvalue weighted by Gasteiger charge is 2.17. The zero-order chi connectivity index (χ0) is 27.9. The summed E-state index contributed by atoms with van der Waals surface area (Å²) in [6, 6.07) is 9.43. The lowest BCUT2D eigenvalue weighted by Crippen LogP contribution is -2.09. The maximum absolute atomic E-state index is 13.6. The quantitative estimate of drug-likeness (QED) is 0.141. The summed E-state index contributed by atoms with van der Waals surface area (Å²) in [6.07, 6.45) is 15.2. The number of rotatable bonds is 19. The first-order valence-corrected chi connectivity index (χ1v) is 14.4. The van der Waals surface area contributed by atoms with Crippen molar-refractivity contribution in [2.75, 3.05) is 13.2 Å². The second-order valence-corrected chi connectivity index (χ2v) is 9.91. The number of ether oxygens (including phenoxy) is 3. The molecular weight excluding hydrogens is 502 g/mol. The fourth-order valence-corrected chi connectivity index (χ4v) is 4.54. The van der Waals surface area contributed by atoms with Gasteiger partial charge in [0, 0.05) is 12.1 Å². The van der Waals surface area contributed by atoms with Crippen molar-refractivity contribution >= 4 is 11.0 Å². The van der Waals surface area contributed by atoms with E-state index in [-0.39, 0.29) is 11.2 Å². The van der Waals surface area contributed by atoms with E-state index in [1.807, 2.05) is 0 Å². The molecule has 0 saturated carbocycles. The van der Waals surface area contributed by atoms with E-state index < -0.39 is 6.61 Å². The van der Waals surface area contributed by atoms with E-state index in [9.17, 15) is 13.6 Å². The van der Waals surface area contributed by atoms with Crippen molar-refractivity contribution in [1.29, 1.82) is 0 Å². The molecule has 5 nitrogen and oxygen atoms in total. The predicted octanol–water partition coefficient (Wildman–Crippen LogP) is 9.54. The second-order valence-electron chi connectivity index (χ2n) is 9.91. The van der Waals surface area contributed by atoms with Gasteiger partial charge in [-0.25, -0.2) is 0 Å². The molecule has 0 atom stereocenters. The summed E-state index contributed by atoms with van der Waals surface area (Å²) in [5.74, 6) is 1.07. The highest BCUT2D eigenvalue weighted by atomic mass is 19.3. The van der Waals surface area contributed by atoms with Gasteiger partial charge in [-0.3, -0.25) is 4.79 Å². The van der Waals surface area contributed by atoms with E-state index in [1.54, 1.807) is 24.3 Å². The van der Waals surface area contributed by atoms with Crippen molar-refractivity contribution in [3.63, 3.8) is 0 Å². The minimum absolute atomic E-state index is 0.0223. The Balaban J connectivity index is 1.79. The summed E-state index contributed by atoms with van der Waals surface area (Å²) in [4.78, 5) is 13.6. The summed E-state index contributed by atoms with van der Waals surface area (Å²) >= 11 is 0. The maximum Gasteiger partial charge on any atom is 0.387 e. The fourth-order valence-electron chi connectivity index (χ4n) is 4.54.